The fourth-order valence-electron chi connectivity index (χ4n) is 3.40. The first-order chi connectivity index (χ1) is 12.3. The Bertz CT molecular complexity index is 967. The molecule has 0 saturated carbocycles. The van der Waals surface area contributed by atoms with Gasteiger partial charge in [-0.1, -0.05) is 32.0 Å². The Morgan fingerprint density at radius 1 is 1.23 bits per heavy atom. The van der Waals surface area contributed by atoms with Crippen LogP contribution in [0.5, 0.6) is 0 Å². The number of ether oxygens (including phenoxy) is 1. The summed E-state index contributed by atoms with van der Waals surface area (Å²) in [5.74, 6) is 0.0795. The predicted molar refractivity (Wildman–Crippen MR) is 105 cm³/mol. The highest BCUT2D eigenvalue weighted by Crippen LogP contribution is 2.47. The first-order valence-electron chi connectivity index (χ1n) is 8.37. The summed E-state index contributed by atoms with van der Waals surface area (Å²) < 4.78 is 4.60. The maximum atomic E-state index is 12.1. The SMILES string of the molecule is COC(=O)CCSc1c(/C=C2\N(C)c3ccccc3C2(C)C)c(=O)c1=O. The van der Waals surface area contributed by atoms with Crippen LogP contribution in [0.4, 0.5) is 5.69 Å². The van der Waals surface area contributed by atoms with E-state index in [4.69, 9.17) is 0 Å². The van der Waals surface area contributed by atoms with Gasteiger partial charge in [0.05, 0.1) is 18.4 Å². The third kappa shape index (κ3) is 2.88. The highest BCUT2D eigenvalue weighted by Gasteiger charge is 2.38. The van der Waals surface area contributed by atoms with Crippen LogP contribution in [0, 0.1) is 0 Å². The quantitative estimate of drug-likeness (QED) is 0.457. The summed E-state index contributed by atoms with van der Waals surface area (Å²) >= 11 is 1.24. The number of rotatable bonds is 5. The Morgan fingerprint density at radius 3 is 2.58 bits per heavy atom. The fourth-order valence-corrected chi connectivity index (χ4v) is 4.40. The maximum absolute atomic E-state index is 12.1. The molecule has 26 heavy (non-hydrogen) atoms. The third-order valence-corrected chi connectivity index (χ3v) is 6.01. The van der Waals surface area contributed by atoms with Crippen molar-refractivity contribution in [3.63, 3.8) is 0 Å². The van der Waals surface area contributed by atoms with Gasteiger partial charge in [0.15, 0.2) is 0 Å². The number of carbonyl (C=O) groups excluding carboxylic acids is 1. The summed E-state index contributed by atoms with van der Waals surface area (Å²) in [6.07, 6.45) is 2.02. The number of methoxy groups -OCH3 is 1. The molecule has 1 heterocycles. The zero-order valence-corrected chi connectivity index (χ0v) is 16.1. The minimum Gasteiger partial charge on any atom is -0.469 e. The summed E-state index contributed by atoms with van der Waals surface area (Å²) in [6.45, 7) is 4.22. The van der Waals surface area contributed by atoms with Crippen LogP contribution in [-0.2, 0) is 14.9 Å². The molecule has 0 radical (unpaired) electrons. The molecule has 2 aromatic rings. The fraction of sp³-hybridized carbons (Fsp3) is 0.350. The Hall–Kier alpha value is -2.34. The second-order valence-electron chi connectivity index (χ2n) is 6.81. The molecule has 0 saturated heterocycles. The Kier molecular flexibility index (Phi) is 4.80. The van der Waals surface area contributed by atoms with Crippen molar-refractivity contribution in [2.75, 3.05) is 24.8 Å². The number of fused-ring (bicyclic) bond motifs is 1. The zero-order chi connectivity index (χ0) is 19.1. The van der Waals surface area contributed by atoms with Gasteiger partial charge in [0.2, 0.25) is 10.9 Å². The number of hydrogen-bond donors (Lipinski definition) is 0. The average Bonchev–Trinajstić information content (AvgIpc) is 2.83. The maximum Gasteiger partial charge on any atom is 0.306 e. The second kappa shape index (κ2) is 6.76. The molecule has 1 aliphatic rings. The number of esters is 1. The monoisotopic (exact) mass is 371 g/mol. The molecule has 0 atom stereocenters. The van der Waals surface area contributed by atoms with Gasteiger partial charge in [-0.3, -0.25) is 14.4 Å². The lowest BCUT2D eigenvalue weighted by Gasteiger charge is -2.24. The molecule has 1 aliphatic heterocycles. The van der Waals surface area contributed by atoms with Crippen molar-refractivity contribution >= 4 is 29.5 Å². The summed E-state index contributed by atoms with van der Waals surface area (Å²) in [7, 11) is 3.30. The smallest absolute Gasteiger partial charge is 0.306 e. The van der Waals surface area contributed by atoms with Gasteiger partial charge >= 0.3 is 5.97 Å². The van der Waals surface area contributed by atoms with Crippen LogP contribution < -0.4 is 15.8 Å². The first-order valence-corrected chi connectivity index (χ1v) is 9.36. The van der Waals surface area contributed by atoms with Crippen LogP contribution in [0.3, 0.4) is 0 Å². The molecule has 136 valence electrons. The van der Waals surface area contributed by atoms with Gasteiger partial charge in [0, 0.05) is 35.2 Å². The number of carbonyl (C=O) groups is 1. The zero-order valence-electron chi connectivity index (χ0n) is 15.3. The largest absolute Gasteiger partial charge is 0.469 e. The van der Waals surface area contributed by atoms with E-state index in [1.165, 1.54) is 24.4 Å². The van der Waals surface area contributed by atoms with E-state index in [0.29, 0.717) is 16.2 Å². The molecule has 0 aliphatic carbocycles. The molecule has 0 unspecified atom stereocenters. The van der Waals surface area contributed by atoms with Crippen molar-refractivity contribution in [3.05, 3.63) is 61.5 Å². The molecule has 6 heteroatoms. The number of thioether (sulfide) groups is 1. The minimum atomic E-state index is -0.470. The van der Waals surface area contributed by atoms with Gasteiger partial charge in [0.1, 0.15) is 0 Å². The Labute approximate surface area is 156 Å². The van der Waals surface area contributed by atoms with Crippen LogP contribution in [0.2, 0.25) is 0 Å². The molecule has 0 aromatic heterocycles. The highest BCUT2D eigenvalue weighted by atomic mass is 32.2. The molecule has 0 amide bonds. The molecule has 2 aromatic carbocycles. The normalized spacial score (nSPS) is 16.9. The topological polar surface area (TPSA) is 63.7 Å². The van der Waals surface area contributed by atoms with E-state index in [-0.39, 0.29) is 17.8 Å². The highest BCUT2D eigenvalue weighted by molar-refractivity contribution is 7.99. The van der Waals surface area contributed by atoms with E-state index in [9.17, 15) is 14.4 Å². The molecule has 3 rings (SSSR count). The van der Waals surface area contributed by atoms with Crippen molar-refractivity contribution in [1.29, 1.82) is 0 Å². The number of hydrogen-bond acceptors (Lipinski definition) is 6. The van der Waals surface area contributed by atoms with E-state index in [0.717, 1.165) is 11.4 Å². The third-order valence-electron chi connectivity index (χ3n) is 4.90. The first kappa shape index (κ1) is 18.5. The summed E-state index contributed by atoms with van der Waals surface area (Å²) in [6, 6.07) is 8.12. The second-order valence-corrected chi connectivity index (χ2v) is 7.91. The van der Waals surface area contributed by atoms with Gasteiger partial charge < -0.3 is 9.64 Å². The lowest BCUT2D eigenvalue weighted by molar-refractivity contribution is -0.140. The number of para-hydroxylation sites is 1. The number of likely N-dealkylation sites (N-methyl/N-ethyl adjacent to an activating group) is 1. The van der Waals surface area contributed by atoms with E-state index in [1.54, 1.807) is 0 Å². The van der Waals surface area contributed by atoms with Crippen molar-refractivity contribution in [2.24, 2.45) is 0 Å². The van der Waals surface area contributed by atoms with Crippen LogP contribution in [0.15, 0.2) is 44.4 Å². The van der Waals surface area contributed by atoms with Gasteiger partial charge in [-0.15, -0.1) is 11.8 Å². The molecular weight excluding hydrogens is 350 g/mol. The van der Waals surface area contributed by atoms with Crippen molar-refractivity contribution in [3.8, 4) is 0 Å². The summed E-state index contributed by atoms with van der Waals surface area (Å²) in [5.41, 5.74) is 2.50. The minimum absolute atomic E-state index is 0.201. The molecule has 5 nitrogen and oxygen atoms in total. The van der Waals surface area contributed by atoms with Crippen LogP contribution >= 0.6 is 11.8 Å². The standard InChI is InChI=1S/C20H21NO4S/c1-20(2)13-7-5-6-8-14(13)21(3)15(20)11-12-17(23)18(24)19(12)26-10-9-16(22)25-4/h5-8,11H,9-10H2,1-4H3/b15-11-. The number of allylic oxidation sites excluding steroid dienone is 1. The van der Waals surface area contributed by atoms with Crippen molar-refractivity contribution in [2.45, 2.75) is 30.6 Å². The molecule has 0 fully saturated rings. The van der Waals surface area contributed by atoms with Crippen LogP contribution in [0.25, 0.3) is 6.08 Å². The summed E-state index contributed by atoms with van der Waals surface area (Å²) in [4.78, 5) is 37.8. The Balaban J connectivity index is 1.92. The van der Waals surface area contributed by atoms with Crippen LogP contribution in [-0.4, -0.2) is 25.9 Å². The molecular formula is C20H21NO4S. The lowest BCUT2D eigenvalue weighted by Crippen LogP contribution is -2.36. The van der Waals surface area contributed by atoms with E-state index in [2.05, 4.69) is 29.6 Å². The van der Waals surface area contributed by atoms with Crippen molar-refractivity contribution < 1.29 is 9.53 Å². The number of anilines is 1. The van der Waals surface area contributed by atoms with Gasteiger partial charge in [-0.25, -0.2) is 0 Å². The Morgan fingerprint density at radius 2 is 1.92 bits per heavy atom. The lowest BCUT2D eigenvalue weighted by atomic mass is 9.83. The van der Waals surface area contributed by atoms with Crippen molar-refractivity contribution in [1.82, 2.24) is 0 Å². The predicted octanol–water partition coefficient (Wildman–Crippen LogP) is 2.71. The van der Waals surface area contributed by atoms with E-state index < -0.39 is 10.9 Å². The van der Waals surface area contributed by atoms with Crippen LogP contribution in [0.1, 0.15) is 31.4 Å². The summed E-state index contributed by atoms with van der Waals surface area (Å²) in [5, 5.41) is 0. The van der Waals surface area contributed by atoms with E-state index >= 15 is 0 Å². The molecule has 0 spiro atoms. The number of nitrogens with zero attached hydrogens (tertiary/aromatic N) is 1. The molecule has 0 N–H and O–H groups in total. The average molecular weight is 371 g/mol. The van der Waals surface area contributed by atoms with Gasteiger partial charge in [0.25, 0.3) is 0 Å². The molecule has 0 bridgehead atoms. The van der Waals surface area contributed by atoms with E-state index in [1.807, 2.05) is 31.3 Å². The van der Waals surface area contributed by atoms with Gasteiger partial charge in [-0.05, 0) is 17.7 Å². The van der Waals surface area contributed by atoms with Gasteiger partial charge in [-0.2, -0.15) is 0 Å². The number of benzene rings is 1.